The Kier molecular flexibility index (Phi) is 24.3. The lowest BCUT2D eigenvalue weighted by molar-refractivity contribution is -0.830. The molecule has 0 unspecified atom stereocenters. The minimum absolute atomic E-state index is 0.374. The lowest BCUT2D eigenvalue weighted by Crippen LogP contribution is -2.02. The molecule has 0 aliphatic rings. The topological polar surface area (TPSA) is 94.1 Å². The zero-order chi connectivity index (χ0) is 19.0. The Bertz CT molecular complexity index is 220. The van der Waals surface area contributed by atoms with Gasteiger partial charge in [-0.2, -0.15) is 0 Å². The van der Waals surface area contributed by atoms with Gasteiger partial charge in [0, 0.05) is 0 Å². The van der Waals surface area contributed by atoms with Gasteiger partial charge in [-0.15, -0.1) is 0 Å². The molecule has 0 fully saturated rings. The minimum atomic E-state index is 0.374. The molecular weight excluding hydrogens is 348 g/mol. The summed E-state index contributed by atoms with van der Waals surface area (Å²) >= 11 is 0. The molecule has 0 radical (unpaired) electrons. The minimum Gasteiger partial charge on any atom is -0.219 e. The first-order chi connectivity index (χ1) is 12.9. The third-order valence-corrected chi connectivity index (χ3v) is 4.05. The summed E-state index contributed by atoms with van der Waals surface area (Å²) in [7, 11) is 0. The molecule has 0 spiro atoms. The van der Waals surface area contributed by atoms with Crippen LogP contribution in [0.25, 0.3) is 0 Å². The van der Waals surface area contributed by atoms with E-state index in [0.717, 1.165) is 12.8 Å². The Morgan fingerprint density at radius 1 is 0.462 bits per heavy atom. The van der Waals surface area contributed by atoms with Gasteiger partial charge in [0.25, 0.3) is 0 Å². The first kappa shape index (κ1) is 25.6. The number of hydrogen-bond donors (Lipinski definition) is 1. The second-order valence-electron chi connectivity index (χ2n) is 6.25. The summed E-state index contributed by atoms with van der Waals surface area (Å²) in [4.78, 5) is 4.65. The monoisotopic (exact) mass is 384 g/mol. The molecule has 0 bridgehead atoms. The van der Waals surface area contributed by atoms with Crippen molar-refractivity contribution in [3.63, 3.8) is 0 Å². The van der Waals surface area contributed by atoms with E-state index < -0.39 is 0 Å². The average Bonchev–Trinajstić information content (AvgIpc) is 2.66. The van der Waals surface area contributed by atoms with Crippen molar-refractivity contribution in [1.82, 2.24) is 0 Å². The maximum Gasteiger partial charge on any atom is 0.0855 e. The third kappa shape index (κ3) is 23.6. The zero-order valence-electron chi connectivity index (χ0n) is 16.0. The molecule has 0 heterocycles. The van der Waals surface area contributed by atoms with Crippen molar-refractivity contribution in [3.8, 4) is 0 Å². The Morgan fingerprint density at radius 3 is 1.31 bits per heavy atom. The first-order valence-corrected chi connectivity index (χ1v) is 9.85. The van der Waals surface area contributed by atoms with Crippen molar-refractivity contribution in [2.45, 2.75) is 103 Å². The summed E-state index contributed by atoms with van der Waals surface area (Å²) in [5.41, 5.74) is 0. The Hall–Kier alpha value is -0.360. The molecule has 0 aromatic rings. The molecule has 0 aliphatic carbocycles. The van der Waals surface area contributed by atoms with E-state index >= 15 is 0 Å². The SMILES string of the molecule is CCCCCCCCCCCCCCCCCOOOOOOOOO. The summed E-state index contributed by atoms with van der Waals surface area (Å²) in [6.45, 7) is 2.63. The molecule has 0 aromatic carbocycles. The standard InChI is InChI=1S/C17H36O9/c1-2-3-4-5-6-7-8-9-10-11-12-13-14-15-16-17-19-21-23-25-26-24-22-20-18/h18H,2-17H2,1H3. The summed E-state index contributed by atoms with van der Waals surface area (Å²) in [5, 5.41) is 33.2. The summed E-state index contributed by atoms with van der Waals surface area (Å²) in [5.74, 6) is 0. The van der Waals surface area contributed by atoms with Crippen molar-refractivity contribution in [3.05, 3.63) is 0 Å². The van der Waals surface area contributed by atoms with Gasteiger partial charge in [0.2, 0.25) is 0 Å². The van der Waals surface area contributed by atoms with E-state index in [4.69, 9.17) is 5.26 Å². The van der Waals surface area contributed by atoms with Crippen molar-refractivity contribution in [2.75, 3.05) is 6.61 Å². The van der Waals surface area contributed by atoms with Gasteiger partial charge in [-0.25, -0.2) is 10.1 Å². The molecule has 0 aliphatic heterocycles. The van der Waals surface area contributed by atoms with Gasteiger partial charge in [0.05, 0.1) is 6.61 Å². The molecule has 1 N–H and O–H groups in total. The lowest BCUT2D eigenvalue weighted by Gasteiger charge is -2.03. The van der Waals surface area contributed by atoms with Crippen LogP contribution in [-0.4, -0.2) is 11.9 Å². The van der Waals surface area contributed by atoms with Crippen LogP contribution in [-0.2, 0) is 40.2 Å². The number of rotatable bonds is 23. The van der Waals surface area contributed by atoms with Crippen molar-refractivity contribution in [2.24, 2.45) is 0 Å². The van der Waals surface area contributed by atoms with Crippen LogP contribution in [0.4, 0.5) is 0 Å². The first-order valence-electron chi connectivity index (χ1n) is 9.85. The average molecular weight is 384 g/mol. The van der Waals surface area contributed by atoms with Crippen molar-refractivity contribution >= 4 is 0 Å². The molecular formula is C17H36O9. The molecule has 9 heteroatoms. The largest absolute Gasteiger partial charge is 0.219 e. The molecule has 0 atom stereocenters. The molecule has 0 aromatic heterocycles. The lowest BCUT2D eigenvalue weighted by atomic mass is 10.0. The van der Waals surface area contributed by atoms with Gasteiger partial charge in [-0.1, -0.05) is 96.8 Å². The maximum absolute atomic E-state index is 7.65. The zero-order valence-corrected chi connectivity index (χ0v) is 16.0. The van der Waals surface area contributed by atoms with Gasteiger partial charge in [0.1, 0.15) is 0 Å². The molecule has 9 nitrogen and oxygen atoms in total. The van der Waals surface area contributed by atoms with E-state index in [0.29, 0.717) is 6.61 Å². The number of hydrogen-bond acceptors (Lipinski definition) is 9. The maximum atomic E-state index is 7.65. The predicted molar refractivity (Wildman–Crippen MR) is 91.1 cm³/mol. The molecule has 0 amide bonds. The van der Waals surface area contributed by atoms with Crippen LogP contribution in [0.3, 0.4) is 0 Å². The van der Waals surface area contributed by atoms with Crippen molar-refractivity contribution < 1.29 is 45.4 Å². The van der Waals surface area contributed by atoms with Crippen LogP contribution < -0.4 is 0 Å². The smallest absolute Gasteiger partial charge is 0.0855 e. The van der Waals surface area contributed by atoms with Gasteiger partial charge >= 0.3 is 0 Å². The van der Waals surface area contributed by atoms with Crippen LogP contribution in [0, 0.1) is 0 Å². The highest BCUT2D eigenvalue weighted by Crippen LogP contribution is 2.13. The fourth-order valence-corrected chi connectivity index (χ4v) is 2.64. The van der Waals surface area contributed by atoms with Gasteiger partial charge in [-0.05, 0) is 41.7 Å². The highest BCUT2D eigenvalue weighted by Gasteiger charge is 1.97. The normalized spacial score (nSPS) is 11.3. The summed E-state index contributed by atoms with van der Waals surface area (Å²) in [6, 6.07) is 0. The summed E-state index contributed by atoms with van der Waals surface area (Å²) in [6.07, 6.45) is 19.5. The van der Waals surface area contributed by atoms with Gasteiger partial charge < -0.3 is 0 Å². The van der Waals surface area contributed by atoms with E-state index in [1.54, 1.807) is 0 Å². The van der Waals surface area contributed by atoms with Crippen LogP contribution in [0.2, 0.25) is 0 Å². The molecule has 0 saturated carbocycles. The Balaban J connectivity index is 2.95. The molecule has 0 saturated heterocycles. The fourth-order valence-electron chi connectivity index (χ4n) is 2.64. The molecule has 0 rings (SSSR count). The second-order valence-corrected chi connectivity index (χ2v) is 6.25. The quantitative estimate of drug-likeness (QED) is 0.132. The fraction of sp³-hybridized carbons (Fsp3) is 1.00. The van der Waals surface area contributed by atoms with Crippen LogP contribution >= 0.6 is 0 Å². The van der Waals surface area contributed by atoms with E-state index in [1.807, 2.05) is 0 Å². The second kappa shape index (κ2) is 24.6. The van der Waals surface area contributed by atoms with Crippen molar-refractivity contribution in [1.29, 1.82) is 0 Å². The van der Waals surface area contributed by atoms with Crippen LogP contribution in [0.15, 0.2) is 0 Å². The van der Waals surface area contributed by atoms with E-state index in [1.165, 1.54) is 83.5 Å². The Morgan fingerprint density at radius 2 is 0.846 bits per heavy atom. The van der Waals surface area contributed by atoms with Crippen LogP contribution in [0.1, 0.15) is 103 Å². The van der Waals surface area contributed by atoms with Gasteiger partial charge in [0.15, 0.2) is 0 Å². The Labute approximate surface area is 156 Å². The predicted octanol–water partition coefficient (Wildman–Crippen LogP) is 5.87. The highest BCUT2D eigenvalue weighted by atomic mass is 17.9. The van der Waals surface area contributed by atoms with Gasteiger partial charge in [-0.3, -0.25) is 0 Å². The highest BCUT2D eigenvalue weighted by molar-refractivity contribution is 4.49. The molecule has 158 valence electrons. The number of unbranched alkanes of at least 4 members (excludes halogenated alkanes) is 14. The van der Waals surface area contributed by atoms with E-state index in [9.17, 15) is 0 Å². The van der Waals surface area contributed by atoms with Crippen LogP contribution in [0.5, 0.6) is 0 Å². The summed E-state index contributed by atoms with van der Waals surface area (Å²) < 4.78 is 0. The third-order valence-electron chi connectivity index (χ3n) is 4.05. The van der Waals surface area contributed by atoms with E-state index in [-0.39, 0.29) is 0 Å². The molecule has 26 heavy (non-hydrogen) atoms. The van der Waals surface area contributed by atoms with E-state index in [2.05, 4.69) is 47.1 Å².